The third kappa shape index (κ3) is 1.93. The van der Waals surface area contributed by atoms with E-state index < -0.39 is 0 Å². The minimum Gasteiger partial charge on any atom is -0.465 e. The van der Waals surface area contributed by atoms with Crippen LogP contribution in [0.5, 0.6) is 0 Å². The fraction of sp³-hybridized carbons (Fsp3) is 0.750. The van der Waals surface area contributed by atoms with Crippen LogP contribution in [0.15, 0.2) is 12.2 Å². The molecule has 0 aromatic heterocycles. The van der Waals surface area contributed by atoms with Gasteiger partial charge in [-0.15, -0.1) is 0 Å². The zero-order valence-corrected chi connectivity index (χ0v) is 9.31. The third-order valence-electron chi connectivity index (χ3n) is 3.26. The van der Waals surface area contributed by atoms with Gasteiger partial charge in [0.15, 0.2) is 0 Å². The van der Waals surface area contributed by atoms with Gasteiger partial charge in [-0.25, -0.2) is 0 Å². The molecular formula is C12H18O3. The predicted molar refractivity (Wildman–Crippen MR) is 56.3 cm³/mol. The lowest BCUT2D eigenvalue weighted by Crippen LogP contribution is -2.31. The molecule has 0 spiro atoms. The summed E-state index contributed by atoms with van der Waals surface area (Å²) in [6.07, 6.45) is 6.10. The second-order valence-electron chi connectivity index (χ2n) is 4.36. The van der Waals surface area contributed by atoms with Gasteiger partial charge in [-0.05, 0) is 6.42 Å². The molecule has 0 amide bonds. The van der Waals surface area contributed by atoms with Crippen LogP contribution in [0.2, 0.25) is 0 Å². The molecule has 3 nitrogen and oxygen atoms in total. The molecule has 0 saturated carbocycles. The molecule has 2 rings (SSSR count). The molecule has 0 aromatic carbocycles. The Labute approximate surface area is 90.4 Å². The van der Waals surface area contributed by atoms with E-state index in [-0.39, 0.29) is 30.0 Å². The number of unbranched alkanes of at least 4 members (excludes halogenated alkanes) is 1. The van der Waals surface area contributed by atoms with Crippen LogP contribution in [-0.2, 0) is 14.3 Å². The molecular weight excluding hydrogens is 192 g/mol. The summed E-state index contributed by atoms with van der Waals surface area (Å²) in [6, 6.07) is 0. The minimum atomic E-state index is -0.0900. The summed E-state index contributed by atoms with van der Waals surface area (Å²) in [5, 5.41) is 0. The van der Waals surface area contributed by atoms with Gasteiger partial charge >= 0.3 is 5.97 Å². The molecule has 2 aliphatic rings. The lowest BCUT2D eigenvalue weighted by molar-refractivity contribution is -0.150. The van der Waals surface area contributed by atoms with Crippen molar-refractivity contribution in [2.45, 2.75) is 38.9 Å². The van der Waals surface area contributed by atoms with Gasteiger partial charge in [-0.2, -0.15) is 0 Å². The molecule has 1 saturated heterocycles. The summed E-state index contributed by atoms with van der Waals surface area (Å²) < 4.78 is 10.8. The van der Waals surface area contributed by atoms with Gasteiger partial charge in [-0.3, -0.25) is 4.79 Å². The maximum Gasteiger partial charge on any atom is 0.312 e. The van der Waals surface area contributed by atoms with Crippen LogP contribution in [0.3, 0.4) is 0 Å². The molecule has 3 heteroatoms. The van der Waals surface area contributed by atoms with Crippen molar-refractivity contribution in [3.8, 4) is 0 Å². The van der Waals surface area contributed by atoms with Gasteiger partial charge < -0.3 is 9.47 Å². The largest absolute Gasteiger partial charge is 0.465 e. The molecule has 2 heterocycles. The summed E-state index contributed by atoms with van der Waals surface area (Å²) in [4.78, 5) is 11.8. The van der Waals surface area contributed by atoms with Gasteiger partial charge in [0, 0.05) is 5.92 Å². The highest BCUT2D eigenvalue weighted by molar-refractivity contribution is 5.75. The normalized spacial score (nSPS) is 37.2. The summed E-state index contributed by atoms with van der Waals surface area (Å²) in [6.45, 7) is 4.68. The number of hydrogen-bond acceptors (Lipinski definition) is 3. The van der Waals surface area contributed by atoms with Gasteiger partial charge in [0.25, 0.3) is 0 Å². The fourth-order valence-corrected chi connectivity index (χ4v) is 2.26. The Morgan fingerprint density at radius 1 is 1.40 bits per heavy atom. The van der Waals surface area contributed by atoms with Crippen LogP contribution >= 0.6 is 0 Å². The van der Waals surface area contributed by atoms with Crippen LogP contribution in [0.4, 0.5) is 0 Å². The number of carbonyl (C=O) groups excluding carboxylic acids is 1. The molecule has 0 N–H and O–H groups in total. The summed E-state index contributed by atoms with van der Waals surface area (Å²) >= 11 is 0. The molecule has 0 aliphatic carbocycles. The number of carbonyl (C=O) groups is 1. The number of fused-ring (bicyclic) bond motifs is 2. The predicted octanol–water partition coefficient (Wildman–Crippen LogP) is 1.92. The van der Waals surface area contributed by atoms with Crippen molar-refractivity contribution in [3.05, 3.63) is 12.2 Å². The molecule has 4 atom stereocenters. The van der Waals surface area contributed by atoms with E-state index in [0.717, 1.165) is 12.8 Å². The molecule has 0 aromatic rings. The lowest BCUT2D eigenvalue weighted by atomic mass is 9.84. The monoisotopic (exact) mass is 210 g/mol. The Morgan fingerprint density at radius 2 is 2.13 bits per heavy atom. The highest BCUT2D eigenvalue weighted by Gasteiger charge is 2.47. The van der Waals surface area contributed by atoms with Crippen molar-refractivity contribution in [2.24, 2.45) is 11.8 Å². The first-order valence-corrected chi connectivity index (χ1v) is 5.74. The smallest absolute Gasteiger partial charge is 0.312 e. The van der Waals surface area contributed by atoms with Gasteiger partial charge in [0.2, 0.25) is 0 Å². The van der Waals surface area contributed by atoms with Crippen LogP contribution in [0.25, 0.3) is 0 Å². The van der Waals surface area contributed by atoms with Crippen LogP contribution < -0.4 is 0 Å². The average Bonchev–Trinajstić information content (AvgIpc) is 2.78. The molecule has 15 heavy (non-hydrogen) atoms. The van der Waals surface area contributed by atoms with Crippen molar-refractivity contribution in [3.63, 3.8) is 0 Å². The third-order valence-corrected chi connectivity index (χ3v) is 3.26. The first kappa shape index (κ1) is 10.7. The second-order valence-corrected chi connectivity index (χ2v) is 4.36. The Balaban J connectivity index is 1.88. The average molecular weight is 210 g/mol. The SMILES string of the molecule is CCCCOC(=O)C1C2C=CC(O2)C1C. The highest BCUT2D eigenvalue weighted by atomic mass is 16.5. The van der Waals surface area contributed by atoms with E-state index in [1.54, 1.807) is 0 Å². The zero-order chi connectivity index (χ0) is 10.8. The summed E-state index contributed by atoms with van der Waals surface area (Å²) in [7, 11) is 0. The van der Waals surface area contributed by atoms with E-state index in [0.29, 0.717) is 6.61 Å². The van der Waals surface area contributed by atoms with Crippen molar-refractivity contribution < 1.29 is 14.3 Å². The Morgan fingerprint density at radius 3 is 2.73 bits per heavy atom. The second kappa shape index (κ2) is 4.35. The van der Waals surface area contributed by atoms with Crippen molar-refractivity contribution in [1.82, 2.24) is 0 Å². The Bertz CT molecular complexity index is 272. The van der Waals surface area contributed by atoms with E-state index in [1.165, 1.54) is 0 Å². The standard InChI is InChI=1S/C12H18O3/c1-3-4-7-14-12(13)11-8(2)9-5-6-10(11)15-9/h5-6,8-11H,3-4,7H2,1-2H3. The van der Waals surface area contributed by atoms with Gasteiger partial charge in [0.1, 0.15) is 0 Å². The lowest BCUT2D eigenvalue weighted by Gasteiger charge is -2.19. The molecule has 2 aliphatic heterocycles. The zero-order valence-electron chi connectivity index (χ0n) is 9.31. The molecule has 4 unspecified atom stereocenters. The number of hydrogen-bond donors (Lipinski definition) is 0. The van der Waals surface area contributed by atoms with E-state index in [1.807, 2.05) is 12.2 Å². The van der Waals surface area contributed by atoms with Crippen molar-refractivity contribution in [2.75, 3.05) is 6.61 Å². The van der Waals surface area contributed by atoms with Crippen molar-refractivity contribution >= 4 is 5.97 Å². The first-order valence-electron chi connectivity index (χ1n) is 5.74. The van der Waals surface area contributed by atoms with Gasteiger partial charge in [-0.1, -0.05) is 32.4 Å². The Hall–Kier alpha value is -0.830. The van der Waals surface area contributed by atoms with Crippen LogP contribution in [-0.4, -0.2) is 24.8 Å². The fourth-order valence-electron chi connectivity index (χ4n) is 2.26. The highest BCUT2D eigenvalue weighted by Crippen LogP contribution is 2.39. The van der Waals surface area contributed by atoms with Crippen molar-refractivity contribution in [1.29, 1.82) is 0 Å². The van der Waals surface area contributed by atoms with Crippen LogP contribution in [0.1, 0.15) is 26.7 Å². The van der Waals surface area contributed by atoms with Gasteiger partial charge in [0.05, 0.1) is 24.7 Å². The van der Waals surface area contributed by atoms with Crippen LogP contribution in [0, 0.1) is 11.8 Å². The van der Waals surface area contributed by atoms with E-state index >= 15 is 0 Å². The quantitative estimate of drug-likeness (QED) is 0.404. The summed E-state index contributed by atoms with van der Waals surface area (Å²) in [5.41, 5.74) is 0. The number of esters is 1. The van der Waals surface area contributed by atoms with E-state index in [4.69, 9.17) is 9.47 Å². The maximum atomic E-state index is 11.8. The number of rotatable bonds is 4. The molecule has 84 valence electrons. The first-order chi connectivity index (χ1) is 7.24. The van der Waals surface area contributed by atoms with E-state index in [9.17, 15) is 4.79 Å². The minimum absolute atomic E-state index is 0.0425. The topological polar surface area (TPSA) is 35.5 Å². The maximum absolute atomic E-state index is 11.8. The molecule has 0 radical (unpaired) electrons. The number of ether oxygens (including phenoxy) is 2. The molecule has 1 fully saturated rings. The molecule has 2 bridgehead atoms. The Kier molecular flexibility index (Phi) is 3.10. The van der Waals surface area contributed by atoms with E-state index in [2.05, 4.69) is 13.8 Å². The summed E-state index contributed by atoms with van der Waals surface area (Å²) in [5.74, 6) is 0.0822.